The van der Waals surface area contributed by atoms with Gasteiger partial charge in [-0.1, -0.05) is 6.07 Å². The zero-order valence-corrected chi connectivity index (χ0v) is 17.5. The summed E-state index contributed by atoms with van der Waals surface area (Å²) < 4.78 is 0. The van der Waals surface area contributed by atoms with E-state index in [0.29, 0.717) is 24.2 Å². The van der Waals surface area contributed by atoms with E-state index in [0.717, 1.165) is 21.6 Å². The highest BCUT2D eigenvalue weighted by molar-refractivity contribution is 7.10. The fourth-order valence-electron chi connectivity index (χ4n) is 3.71. The van der Waals surface area contributed by atoms with Crippen molar-refractivity contribution in [3.63, 3.8) is 0 Å². The molecule has 1 atom stereocenters. The smallest absolute Gasteiger partial charge is 0.319 e. The van der Waals surface area contributed by atoms with Crippen molar-refractivity contribution >= 4 is 40.8 Å². The number of aryl methyl sites for hydroxylation is 2. The molecule has 0 aliphatic carbocycles. The SMILES string of the molecule is Cc1ccc(NC(=O)NCc2scc3c2CN(C2CCC(=O)NC2=O)C3=O)cc1C. The molecule has 1 saturated heterocycles. The van der Waals surface area contributed by atoms with Gasteiger partial charge in [0.15, 0.2) is 0 Å². The van der Waals surface area contributed by atoms with Crippen molar-refractivity contribution in [1.82, 2.24) is 15.5 Å². The van der Waals surface area contributed by atoms with Gasteiger partial charge in [0, 0.05) is 28.9 Å². The van der Waals surface area contributed by atoms with Crippen molar-refractivity contribution in [2.75, 3.05) is 5.32 Å². The molecule has 0 saturated carbocycles. The minimum Gasteiger partial charge on any atom is -0.333 e. The van der Waals surface area contributed by atoms with Crippen molar-refractivity contribution < 1.29 is 19.2 Å². The van der Waals surface area contributed by atoms with Crippen LogP contribution < -0.4 is 16.0 Å². The summed E-state index contributed by atoms with van der Waals surface area (Å²) in [6.45, 7) is 4.58. The number of carbonyl (C=O) groups excluding carboxylic acids is 4. The number of anilines is 1. The average molecular weight is 426 g/mol. The molecular weight excluding hydrogens is 404 g/mol. The van der Waals surface area contributed by atoms with Crippen molar-refractivity contribution in [2.24, 2.45) is 0 Å². The minimum absolute atomic E-state index is 0.207. The predicted molar refractivity (Wildman–Crippen MR) is 112 cm³/mol. The second-order valence-corrected chi connectivity index (χ2v) is 8.52. The minimum atomic E-state index is -0.638. The number of piperidine rings is 1. The Hall–Kier alpha value is -3.20. The monoisotopic (exact) mass is 426 g/mol. The average Bonchev–Trinajstić information content (AvgIpc) is 3.23. The van der Waals surface area contributed by atoms with Crippen LogP contribution in [0.5, 0.6) is 0 Å². The molecule has 1 aromatic heterocycles. The van der Waals surface area contributed by atoms with Crippen LogP contribution in [0.15, 0.2) is 23.6 Å². The third-order valence-electron chi connectivity index (χ3n) is 5.56. The van der Waals surface area contributed by atoms with Gasteiger partial charge in [0.2, 0.25) is 11.8 Å². The molecule has 0 radical (unpaired) electrons. The van der Waals surface area contributed by atoms with E-state index in [2.05, 4.69) is 16.0 Å². The van der Waals surface area contributed by atoms with E-state index in [9.17, 15) is 19.2 Å². The number of fused-ring (bicyclic) bond motifs is 1. The third-order valence-corrected chi connectivity index (χ3v) is 6.59. The Morgan fingerprint density at radius 1 is 1.23 bits per heavy atom. The molecule has 0 spiro atoms. The highest BCUT2D eigenvalue weighted by atomic mass is 32.1. The summed E-state index contributed by atoms with van der Waals surface area (Å²) in [5.74, 6) is -0.945. The number of urea groups is 1. The van der Waals surface area contributed by atoms with E-state index in [1.165, 1.54) is 16.2 Å². The molecule has 1 unspecified atom stereocenters. The van der Waals surface area contributed by atoms with Gasteiger partial charge in [-0.25, -0.2) is 4.79 Å². The number of imide groups is 1. The lowest BCUT2D eigenvalue weighted by Crippen LogP contribution is -2.52. The summed E-state index contributed by atoms with van der Waals surface area (Å²) in [4.78, 5) is 50.9. The number of hydrogen-bond acceptors (Lipinski definition) is 5. The van der Waals surface area contributed by atoms with Crippen LogP contribution in [-0.2, 0) is 22.7 Å². The second kappa shape index (κ2) is 7.91. The van der Waals surface area contributed by atoms with Crippen molar-refractivity contribution in [3.8, 4) is 0 Å². The molecule has 3 N–H and O–H groups in total. The topological polar surface area (TPSA) is 108 Å². The normalized spacial score (nSPS) is 18.3. The lowest BCUT2D eigenvalue weighted by Gasteiger charge is -2.29. The lowest BCUT2D eigenvalue weighted by molar-refractivity contribution is -0.136. The predicted octanol–water partition coefficient (Wildman–Crippen LogP) is 2.45. The van der Waals surface area contributed by atoms with Gasteiger partial charge in [-0.05, 0) is 49.1 Å². The Labute approximate surface area is 177 Å². The van der Waals surface area contributed by atoms with Gasteiger partial charge in [-0.2, -0.15) is 0 Å². The molecule has 1 aromatic carbocycles. The van der Waals surface area contributed by atoms with Crippen LogP contribution in [0.4, 0.5) is 10.5 Å². The van der Waals surface area contributed by atoms with Crippen LogP contribution in [0.1, 0.15) is 44.8 Å². The van der Waals surface area contributed by atoms with E-state index < -0.39 is 11.9 Å². The second-order valence-electron chi connectivity index (χ2n) is 7.56. The van der Waals surface area contributed by atoms with Crippen LogP contribution in [0.2, 0.25) is 0 Å². The van der Waals surface area contributed by atoms with E-state index in [-0.39, 0.29) is 30.8 Å². The van der Waals surface area contributed by atoms with Crippen LogP contribution in [0, 0.1) is 13.8 Å². The number of nitrogens with zero attached hydrogens (tertiary/aromatic N) is 1. The van der Waals surface area contributed by atoms with Crippen LogP contribution in [-0.4, -0.2) is 34.7 Å². The maximum Gasteiger partial charge on any atom is 0.319 e. The molecule has 156 valence electrons. The van der Waals surface area contributed by atoms with Gasteiger partial charge in [0.05, 0.1) is 12.1 Å². The molecule has 30 heavy (non-hydrogen) atoms. The first kappa shape index (κ1) is 20.1. The van der Waals surface area contributed by atoms with E-state index in [1.807, 2.05) is 32.0 Å². The largest absolute Gasteiger partial charge is 0.333 e. The summed E-state index contributed by atoms with van der Waals surface area (Å²) in [5, 5.41) is 9.70. The van der Waals surface area contributed by atoms with Gasteiger partial charge < -0.3 is 15.5 Å². The van der Waals surface area contributed by atoms with Crippen molar-refractivity contribution in [3.05, 3.63) is 50.7 Å². The van der Waals surface area contributed by atoms with E-state index in [1.54, 1.807) is 5.38 Å². The zero-order valence-electron chi connectivity index (χ0n) is 16.7. The highest BCUT2D eigenvalue weighted by Gasteiger charge is 2.40. The Morgan fingerprint density at radius 2 is 2.03 bits per heavy atom. The van der Waals surface area contributed by atoms with Crippen LogP contribution in [0.25, 0.3) is 0 Å². The molecule has 2 aliphatic rings. The quantitative estimate of drug-likeness (QED) is 0.653. The first-order valence-electron chi connectivity index (χ1n) is 9.69. The molecule has 4 rings (SSSR count). The Balaban J connectivity index is 1.39. The van der Waals surface area contributed by atoms with Gasteiger partial charge in [-0.15, -0.1) is 11.3 Å². The number of amides is 5. The summed E-state index contributed by atoms with van der Waals surface area (Å²) in [5.41, 5.74) is 4.36. The van der Waals surface area contributed by atoms with Gasteiger partial charge >= 0.3 is 6.03 Å². The molecule has 9 heteroatoms. The molecule has 8 nitrogen and oxygen atoms in total. The maximum atomic E-state index is 12.7. The summed E-state index contributed by atoms with van der Waals surface area (Å²) in [6, 6.07) is 4.75. The molecule has 5 amide bonds. The standard InChI is InChI=1S/C21H22N4O4S/c1-11-3-4-13(7-12(11)2)23-21(29)22-8-17-14-9-25(20(28)15(14)10-30-17)16-5-6-18(26)24-19(16)27/h3-4,7,10,16H,5-6,8-9H2,1-2H3,(H2,22,23,29)(H,24,26,27). The van der Waals surface area contributed by atoms with Gasteiger partial charge in [-0.3, -0.25) is 19.7 Å². The first-order chi connectivity index (χ1) is 14.3. The van der Waals surface area contributed by atoms with Gasteiger partial charge in [0.25, 0.3) is 5.91 Å². The fourth-order valence-corrected chi connectivity index (χ4v) is 4.68. The number of nitrogens with one attached hydrogen (secondary N) is 3. The number of carbonyl (C=O) groups is 4. The van der Waals surface area contributed by atoms with Crippen LogP contribution >= 0.6 is 11.3 Å². The molecule has 2 aliphatic heterocycles. The summed E-state index contributed by atoms with van der Waals surface area (Å²) in [7, 11) is 0. The van der Waals surface area contributed by atoms with Gasteiger partial charge in [0.1, 0.15) is 6.04 Å². The molecule has 3 heterocycles. The molecular formula is C21H22N4O4S. The number of thiophene rings is 1. The zero-order chi connectivity index (χ0) is 21.4. The highest BCUT2D eigenvalue weighted by Crippen LogP contribution is 2.33. The molecule has 2 aromatic rings. The number of hydrogen-bond donors (Lipinski definition) is 3. The molecule has 0 bridgehead atoms. The van der Waals surface area contributed by atoms with Crippen molar-refractivity contribution in [2.45, 2.75) is 45.8 Å². The summed E-state index contributed by atoms with van der Waals surface area (Å²) in [6.07, 6.45) is 0.552. The maximum absolute atomic E-state index is 12.7. The number of rotatable bonds is 4. The Bertz CT molecular complexity index is 1060. The Kier molecular flexibility index (Phi) is 5.29. The third kappa shape index (κ3) is 3.80. The fraction of sp³-hybridized carbons (Fsp3) is 0.333. The van der Waals surface area contributed by atoms with Crippen molar-refractivity contribution in [1.29, 1.82) is 0 Å². The first-order valence-corrected chi connectivity index (χ1v) is 10.6. The summed E-state index contributed by atoms with van der Waals surface area (Å²) >= 11 is 1.41. The Morgan fingerprint density at radius 3 is 2.77 bits per heavy atom. The van der Waals surface area contributed by atoms with E-state index >= 15 is 0 Å². The lowest BCUT2D eigenvalue weighted by atomic mass is 10.0. The van der Waals surface area contributed by atoms with Crippen LogP contribution in [0.3, 0.4) is 0 Å². The number of benzene rings is 1. The van der Waals surface area contributed by atoms with E-state index in [4.69, 9.17) is 0 Å². The molecule has 1 fully saturated rings.